The normalized spacial score (nSPS) is 16.4. The molecule has 9 heteroatoms. The number of hydrogen-bond donors (Lipinski definition) is 3. The molecule has 0 spiro atoms. The van der Waals surface area contributed by atoms with Crippen LogP contribution >= 0.6 is 0 Å². The molecule has 0 saturated heterocycles. The average molecular weight is 691 g/mol. The van der Waals surface area contributed by atoms with E-state index in [0.29, 0.717) is 40.9 Å². The van der Waals surface area contributed by atoms with Crippen molar-refractivity contribution in [3.05, 3.63) is 116 Å². The smallest absolute Gasteiger partial charge is 0.126 e. The minimum Gasteiger partial charge on any atom is -0.512 e. The van der Waals surface area contributed by atoms with E-state index in [1.807, 2.05) is 30.3 Å². The molecular weight excluding hydrogens is 636 g/mol. The maximum Gasteiger partial charge on any atom is 0.126 e. The predicted octanol–water partition coefficient (Wildman–Crippen LogP) is 7.37. The summed E-state index contributed by atoms with van der Waals surface area (Å²) in [7, 11) is 9.70. The molecule has 3 aromatic carbocycles. The van der Waals surface area contributed by atoms with Gasteiger partial charge in [0.15, 0.2) is 0 Å². The van der Waals surface area contributed by atoms with E-state index < -0.39 is 10.8 Å². The summed E-state index contributed by atoms with van der Waals surface area (Å²) in [5.74, 6) is 0.361. The number of aliphatic hydroxyl groups excluding tert-OH is 1. The van der Waals surface area contributed by atoms with Gasteiger partial charge >= 0.3 is 0 Å². The first-order valence-electron chi connectivity index (χ1n) is 16.8. The van der Waals surface area contributed by atoms with Crippen LogP contribution in [0.25, 0.3) is 0 Å². The number of hydrogen-bond acceptors (Lipinski definition) is 9. The van der Waals surface area contributed by atoms with Crippen LogP contribution in [0.1, 0.15) is 71.7 Å². The Kier molecular flexibility index (Phi) is 13.3. The van der Waals surface area contributed by atoms with Gasteiger partial charge in [-0.15, -0.1) is 0 Å². The standard InChI is InChI=1S/C41H54O9/c1-40(2,34-14-26(20-45-4)37(42)27(15-34)21-46-5)32-10-12-33(13-11-32)41(3,35-16-28(22-47-6)38(43)29(17-35)23-48-7)36-18-30(24-49-8)39(44)31(19-36)25-50-9/h10-18,31,42-44H,19-25H2,1-9H3. The third-order valence-electron chi connectivity index (χ3n) is 10.1. The molecule has 3 N–H and O–H groups in total. The number of methoxy groups -OCH3 is 6. The lowest BCUT2D eigenvalue weighted by molar-refractivity contribution is 0.136. The summed E-state index contributed by atoms with van der Waals surface area (Å²) in [6, 6.07) is 16.6. The van der Waals surface area contributed by atoms with E-state index in [2.05, 4.69) is 45.0 Å². The van der Waals surface area contributed by atoms with Gasteiger partial charge in [0.05, 0.1) is 39.6 Å². The minimum atomic E-state index is -0.706. The van der Waals surface area contributed by atoms with E-state index in [1.165, 1.54) is 0 Å². The van der Waals surface area contributed by atoms with Gasteiger partial charge in [-0.05, 0) is 59.9 Å². The highest BCUT2D eigenvalue weighted by Crippen LogP contribution is 2.47. The van der Waals surface area contributed by atoms with Crippen molar-refractivity contribution in [2.24, 2.45) is 5.92 Å². The van der Waals surface area contributed by atoms with Gasteiger partial charge in [-0.1, -0.05) is 49.8 Å². The van der Waals surface area contributed by atoms with Crippen molar-refractivity contribution in [2.75, 3.05) is 55.9 Å². The van der Waals surface area contributed by atoms with Crippen LogP contribution in [0.4, 0.5) is 0 Å². The third kappa shape index (κ3) is 7.94. The van der Waals surface area contributed by atoms with E-state index in [1.54, 1.807) is 42.7 Å². The molecule has 0 saturated carbocycles. The molecule has 1 aliphatic carbocycles. The van der Waals surface area contributed by atoms with E-state index in [9.17, 15) is 15.3 Å². The largest absolute Gasteiger partial charge is 0.512 e. The zero-order valence-corrected chi connectivity index (χ0v) is 31.0. The Balaban J connectivity index is 1.94. The van der Waals surface area contributed by atoms with E-state index in [-0.39, 0.29) is 56.2 Å². The van der Waals surface area contributed by atoms with Gasteiger partial charge < -0.3 is 43.7 Å². The molecule has 0 heterocycles. The topological polar surface area (TPSA) is 116 Å². The lowest BCUT2D eigenvalue weighted by atomic mass is 9.65. The zero-order valence-electron chi connectivity index (χ0n) is 31.0. The van der Waals surface area contributed by atoms with Crippen LogP contribution in [0.5, 0.6) is 11.5 Å². The molecule has 0 radical (unpaired) electrons. The maximum atomic E-state index is 11.2. The van der Waals surface area contributed by atoms with E-state index >= 15 is 0 Å². The first kappa shape index (κ1) is 39.1. The Labute approximate surface area is 297 Å². The van der Waals surface area contributed by atoms with Crippen molar-refractivity contribution in [3.8, 4) is 11.5 Å². The Bertz CT molecular complexity index is 1620. The number of phenols is 2. The van der Waals surface area contributed by atoms with Crippen LogP contribution in [-0.2, 0) is 65.7 Å². The average Bonchev–Trinajstić information content (AvgIpc) is 3.10. The first-order chi connectivity index (χ1) is 23.9. The molecule has 0 amide bonds. The van der Waals surface area contributed by atoms with Crippen molar-refractivity contribution >= 4 is 0 Å². The number of ether oxygens (including phenoxy) is 6. The van der Waals surface area contributed by atoms with E-state index in [0.717, 1.165) is 27.8 Å². The summed E-state index contributed by atoms with van der Waals surface area (Å²) in [5, 5.41) is 33.3. The monoisotopic (exact) mass is 690 g/mol. The molecule has 0 fully saturated rings. The molecular formula is C41H54O9. The second-order valence-electron chi connectivity index (χ2n) is 13.7. The molecule has 9 nitrogen and oxygen atoms in total. The van der Waals surface area contributed by atoms with Crippen LogP contribution in [0.15, 0.2) is 71.5 Å². The van der Waals surface area contributed by atoms with Crippen molar-refractivity contribution < 1.29 is 43.7 Å². The van der Waals surface area contributed by atoms with Gasteiger partial charge in [0, 0.05) is 87.2 Å². The first-order valence-corrected chi connectivity index (χ1v) is 16.8. The molecule has 0 aliphatic heterocycles. The fraction of sp³-hybridized carbons (Fsp3) is 0.463. The van der Waals surface area contributed by atoms with Crippen LogP contribution in [-0.4, -0.2) is 71.2 Å². The third-order valence-corrected chi connectivity index (χ3v) is 10.1. The van der Waals surface area contributed by atoms with Gasteiger partial charge in [0.1, 0.15) is 17.3 Å². The molecule has 0 bridgehead atoms. The molecule has 3 aromatic rings. The second kappa shape index (κ2) is 17.0. The predicted molar refractivity (Wildman–Crippen MR) is 194 cm³/mol. The highest BCUT2D eigenvalue weighted by Gasteiger charge is 2.39. The van der Waals surface area contributed by atoms with Gasteiger partial charge in [-0.3, -0.25) is 0 Å². The maximum absolute atomic E-state index is 11.2. The Hall–Kier alpha value is -3.70. The van der Waals surface area contributed by atoms with E-state index in [4.69, 9.17) is 28.4 Å². The number of rotatable bonds is 17. The lowest BCUT2D eigenvalue weighted by Crippen LogP contribution is -2.32. The Morgan fingerprint density at radius 2 is 0.980 bits per heavy atom. The quantitative estimate of drug-likeness (QED) is 0.134. The molecule has 50 heavy (non-hydrogen) atoms. The molecule has 272 valence electrons. The summed E-state index contributed by atoms with van der Waals surface area (Å²) < 4.78 is 32.9. The van der Waals surface area contributed by atoms with Gasteiger partial charge in [0.2, 0.25) is 0 Å². The lowest BCUT2D eigenvalue weighted by Gasteiger charge is -2.39. The molecule has 2 atom stereocenters. The van der Waals surface area contributed by atoms with Crippen molar-refractivity contribution in [3.63, 3.8) is 0 Å². The summed E-state index contributed by atoms with van der Waals surface area (Å²) in [4.78, 5) is 0. The molecule has 0 aromatic heterocycles. The van der Waals surface area contributed by atoms with Crippen LogP contribution in [0.3, 0.4) is 0 Å². The van der Waals surface area contributed by atoms with Gasteiger partial charge in [0.25, 0.3) is 0 Å². The highest BCUT2D eigenvalue weighted by atomic mass is 16.5. The van der Waals surface area contributed by atoms with Crippen LogP contribution in [0, 0.1) is 5.92 Å². The number of phenolic OH excluding ortho intramolecular Hbond substituents is 2. The summed E-state index contributed by atoms with van der Waals surface area (Å²) in [6.45, 7) is 8.12. The summed E-state index contributed by atoms with van der Waals surface area (Å²) in [5.41, 5.74) is 7.46. The fourth-order valence-corrected chi connectivity index (χ4v) is 7.08. The summed E-state index contributed by atoms with van der Waals surface area (Å²) in [6.07, 6.45) is 2.60. The zero-order chi connectivity index (χ0) is 36.6. The number of aliphatic hydroxyl groups is 1. The minimum absolute atomic E-state index is 0.152. The highest BCUT2D eigenvalue weighted by molar-refractivity contribution is 5.57. The number of allylic oxidation sites excluding steroid dienone is 1. The second-order valence-corrected chi connectivity index (χ2v) is 13.7. The fourth-order valence-electron chi connectivity index (χ4n) is 7.08. The SMILES string of the molecule is COCC1=C(O)C(COC)CC(C(C)(c2ccc(C(C)(C)c3cc(COC)c(O)c(COC)c3)cc2)c2cc(COC)c(O)c(COC)c2)=C1. The van der Waals surface area contributed by atoms with Crippen LogP contribution < -0.4 is 0 Å². The number of benzene rings is 3. The van der Waals surface area contributed by atoms with Gasteiger partial charge in [-0.2, -0.15) is 0 Å². The number of aromatic hydroxyl groups is 2. The van der Waals surface area contributed by atoms with Crippen molar-refractivity contribution in [2.45, 2.75) is 64.4 Å². The molecule has 1 aliphatic rings. The molecule has 2 unspecified atom stereocenters. The molecule has 4 rings (SSSR count). The Morgan fingerprint density at radius 1 is 0.560 bits per heavy atom. The van der Waals surface area contributed by atoms with Crippen LogP contribution in [0.2, 0.25) is 0 Å². The van der Waals surface area contributed by atoms with Gasteiger partial charge in [-0.25, -0.2) is 0 Å². The Morgan fingerprint density at radius 3 is 1.40 bits per heavy atom. The van der Waals surface area contributed by atoms with Crippen molar-refractivity contribution in [1.82, 2.24) is 0 Å². The van der Waals surface area contributed by atoms with Crippen molar-refractivity contribution in [1.29, 1.82) is 0 Å². The summed E-state index contributed by atoms with van der Waals surface area (Å²) >= 11 is 0.